The van der Waals surface area contributed by atoms with Crippen molar-refractivity contribution in [2.75, 3.05) is 18.2 Å². The molecule has 3 aromatic rings. The molecule has 0 spiro atoms. The number of nitrogens with one attached hydrogen (secondary N) is 1. The first kappa shape index (κ1) is 18.2. The number of furan rings is 1. The molecule has 1 aliphatic carbocycles. The van der Waals surface area contributed by atoms with E-state index in [0.29, 0.717) is 35.2 Å². The molecule has 1 aromatic carbocycles. The SMILES string of the molecule is O=C(NCC1CC1)[C@@H]1CSCN1C(=O)Cn1cnc2c(oc3ccccc32)c1=O. The Morgan fingerprint density at radius 1 is 1.28 bits per heavy atom. The molecule has 2 amide bonds. The number of para-hydroxylation sites is 1. The number of benzene rings is 1. The van der Waals surface area contributed by atoms with Gasteiger partial charge in [-0.25, -0.2) is 4.98 Å². The van der Waals surface area contributed by atoms with Gasteiger partial charge in [-0.05, 0) is 30.9 Å². The predicted molar refractivity (Wildman–Crippen MR) is 109 cm³/mol. The van der Waals surface area contributed by atoms with E-state index in [9.17, 15) is 14.4 Å². The molecule has 2 aromatic heterocycles. The summed E-state index contributed by atoms with van der Waals surface area (Å²) in [5.41, 5.74) is 0.806. The van der Waals surface area contributed by atoms with Crippen LogP contribution in [0.25, 0.3) is 22.1 Å². The molecule has 1 aliphatic heterocycles. The molecule has 0 radical (unpaired) electrons. The summed E-state index contributed by atoms with van der Waals surface area (Å²) < 4.78 is 6.91. The minimum absolute atomic E-state index is 0.117. The highest BCUT2D eigenvalue weighted by molar-refractivity contribution is 7.99. The summed E-state index contributed by atoms with van der Waals surface area (Å²) in [6.45, 7) is 0.500. The Balaban J connectivity index is 1.36. The molecule has 3 heterocycles. The highest BCUT2D eigenvalue weighted by atomic mass is 32.2. The van der Waals surface area contributed by atoms with E-state index in [1.54, 1.807) is 11.0 Å². The zero-order valence-corrected chi connectivity index (χ0v) is 16.5. The number of aromatic nitrogens is 2. The second kappa shape index (κ2) is 7.22. The highest BCUT2D eigenvalue weighted by Crippen LogP contribution is 2.28. The first-order valence-corrected chi connectivity index (χ1v) is 10.8. The third kappa shape index (κ3) is 3.39. The van der Waals surface area contributed by atoms with Crippen LogP contribution in [0.15, 0.2) is 39.8 Å². The second-order valence-corrected chi connectivity index (χ2v) is 8.52. The number of thioether (sulfide) groups is 1. The molecule has 150 valence electrons. The number of amides is 2. The normalized spacial score (nSPS) is 19.2. The summed E-state index contributed by atoms with van der Waals surface area (Å²) in [6.07, 6.45) is 3.68. The van der Waals surface area contributed by atoms with E-state index in [1.165, 1.54) is 22.7 Å². The number of carbonyl (C=O) groups excluding carboxylic acids is 2. The third-order valence-electron chi connectivity index (χ3n) is 5.42. The number of rotatable bonds is 5. The first-order chi connectivity index (χ1) is 14.1. The van der Waals surface area contributed by atoms with Crippen molar-refractivity contribution < 1.29 is 14.0 Å². The maximum Gasteiger partial charge on any atom is 0.297 e. The quantitative estimate of drug-likeness (QED) is 0.683. The van der Waals surface area contributed by atoms with E-state index >= 15 is 0 Å². The fraction of sp³-hybridized carbons (Fsp3) is 0.400. The van der Waals surface area contributed by atoms with Gasteiger partial charge >= 0.3 is 0 Å². The van der Waals surface area contributed by atoms with Crippen LogP contribution in [0.4, 0.5) is 0 Å². The lowest BCUT2D eigenvalue weighted by Crippen LogP contribution is -2.49. The van der Waals surface area contributed by atoms with Crippen LogP contribution in [-0.2, 0) is 16.1 Å². The van der Waals surface area contributed by atoms with Gasteiger partial charge in [0.1, 0.15) is 23.7 Å². The lowest BCUT2D eigenvalue weighted by molar-refractivity contribution is -0.138. The summed E-state index contributed by atoms with van der Waals surface area (Å²) in [6, 6.07) is 6.80. The van der Waals surface area contributed by atoms with Gasteiger partial charge in [-0.3, -0.25) is 19.0 Å². The zero-order valence-electron chi connectivity index (χ0n) is 15.7. The van der Waals surface area contributed by atoms with Gasteiger partial charge < -0.3 is 14.6 Å². The van der Waals surface area contributed by atoms with Crippen molar-refractivity contribution in [3.63, 3.8) is 0 Å². The van der Waals surface area contributed by atoms with Crippen LogP contribution >= 0.6 is 11.8 Å². The van der Waals surface area contributed by atoms with Gasteiger partial charge in [0.25, 0.3) is 5.56 Å². The molecule has 5 rings (SSSR count). The molecule has 1 atom stereocenters. The van der Waals surface area contributed by atoms with Crippen LogP contribution in [0, 0.1) is 5.92 Å². The largest absolute Gasteiger partial charge is 0.448 e. The molecule has 2 fully saturated rings. The molecule has 1 saturated carbocycles. The van der Waals surface area contributed by atoms with Crippen LogP contribution in [0.1, 0.15) is 12.8 Å². The molecule has 0 unspecified atom stereocenters. The van der Waals surface area contributed by atoms with Crippen molar-refractivity contribution in [1.29, 1.82) is 0 Å². The molecule has 8 nitrogen and oxygen atoms in total. The number of fused-ring (bicyclic) bond motifs is 3. The molecule has 0 bridgehead atoms. The minimum atomic E-state index is -0.496. The predicted octanol–water partition coefficient (Wildman–Crippen LogP) is 1.57. The summed E-state index contributed by atoms with van der Waals surface area (Å²) >= 11 is 1.54. The summed E-state index contributed by atoms with van der Waals surface area (Å²) in [5, 5.41) is 3.71. The van der Waals surface area contributed by atoms with Crippen molar-refractivity contribution in [3.05, 3.63) is 40.9 Å². The topological polar surface area (TPSA) is 97.4 Å². The van der Waals surface area contributed by atoms with E-state index in [2.05, 4.69) is 10.3 Å². The molecular formula is C20H20N4O4S. The molecule has 1 saturated heterocycles. The smallest absolute Gasteiger partial charge is 0.297 e. The Morgan fingerprint density at radius 2 is 2.10 bits per heavy atom. The van der Waals surface area contributed by atoms with Gasteiger partial charge in [-0.15, -0.1) is 11.8 Å². The van der Waals surface area contributed by atoms with Crippen molar-refractivity contribution >= 4 is 45.6 Å². The standard InChI is InChI=1S/C20H20N4O4S/c25-16(24-11-29-9-14(24)19(26)21-7-12-5-6-12)8-23-10-22-17-13-3-1-2-4-15(13)28-18(17)20(23)27/h1-4,10,12,14H,5-9,11H2,(H,21,26)/t14-/m0/s1. The molecule has 9 heteroatoms. The van der Waals surface area contributed by atoms with Crippen molar-refractivity contribution in [3.8, 4) is 0 Å². The van der Waals surface area contributed by atoms with E-state index in [-0.39, 0.29) is 23.9 Å². The fourth-order valence-corrected chi connectivity index (χ4v) is 4.74. The number of nitrogens with zero attached hydrogens (tertiary/aromatic N) is 3. The van der Waals surface area contributed by atoms with Crippen LogP contribution < -0.4 is 10.9 Å². The van der Waals surface area contributed by atoms with E-state index in [1.807, 2.05) is 18.2 Å². The third-order valence-corrected chi connectivity index (χ3v) is 6.44. The molecule has 1 N–H and O–H groups in total. The lowest BCUT2D eigenvalue weighted by atomic mass is 10.2. The highest BCUT2D eigenvalue weighted by Gasteiger charge is 2.35. The average Bonchev–Trinajstić information content (AvgIpc) is 3.28. The summed E-state index contributed by atoms with van der Waals surface area (Å²) in [4.78, 5) is 44.0. The zero-order chi connectivity index (χ0) is 20.0. The number of hydrogen-bond donors (Lipinski definition) is 1. The van der Waals surface area contributed by atoms with Crippen LogP contribution in [0.2, 0.25) is 0 Å². The van der Waals surface area contributed by atoms with Crippen molar-refractivity contribution in [2.24, 2.45) is 5.92 Å². The van der Waals surface area contributed by atoms with Gasteiger partial charge in [-0.1, -0.05) is 12.1 Å². The number of carbonyl (C=O) groups is 2. The van der Waals surface area contributed by atoms with Gasteiger partial charge in [0.05, 0.1) is 12.2 Å². The van der Waals surface area contributed by atoms with Gasteiger partial charge in [0, 0.05) is 17.7 Å². The van der Waals surface area contributed by atoms with Crippen molar-refractivity contribution in [2.45, 2.75) is 25.4 Å². The Bertz CT molecular complexity index is 1170. The molecular weight excluding hydrogens is 392 g/mol. The van der Waals surface area contributed by atoms with Gasteiger partial charge in [0.2, 0.25) is 17.4 Å². The lowest BCUT2D eigenvalue weighted by Gasteiger charge is -2.23. The summed E-state index contributed by atoms with van der Waals surface area (Å²) in [5.74, 6) is 1.19. The monoisotopic (exact) mass is 412 g/mol. The molecule has 2 aliphatic rings. The minimum Gasteiger partial charge on any atom is -0.448 e. The Morgan fingerprint density at radius 3 is 2.93 bits per heavy atom. The van der Waals surface area contributed by atoms with E-state index in [4.69, 9.17) is 4.42 Å². The van der Waals surface area contributed by atoms with Crippen LogP contribution in [0.3, 0.4) is 0 Å². The summed E-state index contributed by atoms with van der Waals surface area (Å²) in [7, 11) is 0. The fourth-order valence-electron chi connectivity index (χ4n) is 3.55. The van der Waals surface area contributed by atoms with Crippen molar-refractivity contribution in [1.82, 2.24) is 19.8 Å². The second-order valence-electron chi connectivity index (χ2n) is 7.52. The van der Waals surface area contributed by atoms with Crippen LogP contribution in [0.5, 0.6) is 0 Å². The maximum atomic E-state index is 12.9. The van der Waals surface area contributed by atoms with Gasteiger partial charge in [0.15, 0.2) is 0 Å². The number of hydrogen-bond acceptors (Lipinski definition) is 6. The first-order valence-electron chi connectivity index (χ1n) is 9.63. The molecule has 29 heavy (non-hydrogen) atoms. The van der Waals surface area contributed by atoms with Gasteiger partial charge in [-0.2, -0.15) is 0 Å². The van der Waals surface area contributed by atoms with E-state index in [0.717, 1.165) is 18.2 Å². The van der Waals surface area contributed by atoms with E-state index < -0.39 is 11.6 Å². The average molecular weight is 412 g/mol. The maximum absolute atomic E-state index is 12.9. The Kier molecular flexibility index (Phi) is 4.54. The Hall–Kier alpha value is -2.81. The Labute approximate surface area is 170 Å². The van der Waals surface area contributed by atoms with Crippen LogP contribution in [-0.4, -0.2) is 50.5 Å².